The van der Waals surface area contributed by atoms with Gasteiger partial charge in [0.25, 0.3) is 5.91 Å². The van der Waals surface area contributed by atoms with Crippen LogP contribution in [0.3, 0.4) is 0 Å². The number of hydrogen-bond donors (Lipinski definition) is 0. The van der Waals surface area contributed by atoms with Gasteiger partial charge in [0.1, 0.15) is 37.3 Å². The lowest BCUT2D eigenvalue weighted by Gasteiger charge is -2.42. The second-order valence-electron chi connectivity index (χ2n) is 34.9. The number of fused-ring (bicyclic) bond motifs is 4. The van der Waals surface area contributed by atoms with E-state index in [1.165, 1.54) is 53.9 Å². The van der Waals surface area contributed by atoms with Crippen molar-refractivity contribution < 1.29 is 41.8 Å². The molecule has 4 aromatic carbocycles. The molecule has 668 valence electrons. The number of hydrogen-bond acceptors (Lipinski definition) is 24. The van der Waals surface area contributed by atoms with Crippen LogP contribution < -0.4 is 43.6 Å². The molecule has 27 nitrogen and oxygen atoms in total. The Bertz CT molecular complexity index is 5450. The number of piperazine rings is 2. The molecule has 0 bridgehead atoms. The first-order valence-corrected chi connectivity index (χ1v) is 45.2. The third-order valence-corrected chi connectivity index (χ3v) is 27.5. The zero-order valence-electron chi connectivity index (χ0n) is 74.1. The summed E-state index contributed by atoms with van der Waals surface area (Å²) in [4.78, 5) is 93.3. The molecule has 3 aromatic heterocycles. The summed E-state index contributed by atoms with van der Waals surface area (Å²) in [5.41, 5.74) is 11.2. The van der Waals surface area contributed by atoms with Gasteiger partial charge in [-0.2, -0.15) is 58.9 Å². The molecule has 0 radical (unpaired) electrons. The van der Waals surface area contributed by atoms with Gasteiger partial charge in [0, 0.05) is 147 Å². The van der Waals surface area contributed by atoms with E-state index in [1.54, 1.807) is 27.7 Å². The summed E-state index contributed by atoms with van der Waals surface area (Å²) < 4.78 is 61.0. The van der Waals surface area contributed by atoms with Gasteiger partial charge in [-0.3, -0.25) is 14.4 Å². The minimum atomic E-state index is -4.49. The summed E-state index contributed by atoms with van der Waals surface area (Å²) in [6.45, 7) is 24.1. The van der Waals surface area contributed by atoms with Crippen LogP contribution in [-0.2, 0) is 59.5 Å². The van der Waals surface area contributed by atoms with E-state index in [1.807, 2.05) is 28.0 Å². The number of benzene rings is 4. The molecule has 31 heteroatoms. The number of allylic oxidation sites excluding steroid dienone is 1. The molecule has 6 saturated heterocycles. The number of amides is 3. The van der Waals surface area contributed by atoms with E-state index in [9.17, 15) is 43.3 Å². The van der Waals surface area contributed by atoms with Crippen LogP contribution >= 0.6 is 11.6 Å². The largest absolute Gasteiger partial charge is 0.462 e. The van der Waals surface area contributed by atoms with E-state index < -0.39 is 11.7 Å². The van der Waals surface area contributed by atoms with Crippen LogP contribution in [0.4, 0.5) is 47.7 Å². The van der Waals surface area contributed by atoms with Crippen LogP contribution in [0.1, 0.15) is 140 Å². The number of ether oxygens (including phenoxy) is 3. The molecule has 0 saturated carbocycles. The molecular formula is C96H115ClF3N21O6. The molecule has 0 unspecified atom stereocenters. The van der Waals surface area contributed by atoms with E-state index in [0.717, 1.165) is 165 Å². The van der Waals surface area contributed by atoms with Gasteiger partial charge in [0.2, 0.25) is 11.8 Å². The third kappa shape index (κ3) is 20.4. The van der Waals surface area contributed by atoms with Crippen molar-refractivity contribution in [1.82, 2.24) is 59.3 Å². The molecule has 0 spiro atoms. The number of likely N-dealkylation sites (N-methyl/N-ethyl adjacent to an activating group) is 3. The molecule has 10 aliphatic rings. The van der Waals surface area contributed by atoms with E-state index >= 15 is 0 Å². The molecule has 7 aromatic rings. The summed E-state index contributed by atoms with van der Waals surface area (Å²) in [7, 11) is 6.34. The number of nitriles is 3. The van der Waals surface area contributed by atoms with Crippen LogP contribution in [0, 0.1) is 66.6 Å². The standard InChI is InChI=1S/C33H36ClN7O2.C33H43N7O2.C30H36F3N7O2/c1-3-7-30(42)41-19-18-40(20-24(41)13-15-35)32-26-14-17-39(29-12-5-9-23-8-4-11-27(34)31(23)29)21-28(26)36-33(37-32)43-22-25-10-6-16-38(25)2;1-23-7-4-11-30(24(23)2)39-18-14-28-29(21-39)35-33(42-22-27-10-6-16-37(27)3)36-31(28)38-17-13-26(12-15-34)40(20-19-38)32(41)25-8-5-9-25;1-4-26(41)40-16-15-39(17-21(40)10-12-34)28-23-11-14-38(25-9-5-7-20(2)27(25)30(31,32)33)18-24(23)35-29(36-28)42-19-22-8-6-13-37(22)3/h4-5,8-9,11-12,24-25H,6,10,13-14,16-22H2,1-2H3;4,7-8,11,26-27H,5-6,9-10,12-14,16-22H2,1-3H3;4-5,7,9,21-22H,1,6,8,10-11,13-19H2,2-3H3/t24-,25-;26-,27-;21-,22-/m000/s1. The fourth-order valence-corrected chi connectivity index (χ4v) is 20.0. The first-order chi connectivity index (χ1) is 61.5. The molecule has 17 rings (SSSR count). The lowest BCUT2D eigenvalue weighted by Crippen LogP contribution is -2.55. The number of anilines is 6. The van der Waals surface area contributed by atoms with Crippen molar-refractivity contribution >= 4 is 74.6 Å². The zero-order chi connectivity index (χ0) is 89.2. The third-order valence-electron chi connectivity index (χ3n) is 27.2. The van der Waals surface area contributed by atoms with Crippen molar-refractivity contribution in [3.8, 4) is 48.1 Å². The Balaban J connectivity index is 0.000000147. The Morgan fingerprint density at radius 2 is 0.945 bits per heavy atom. The average molecular weight is 1750 g/mol. The van der Waals surface area contributed by atoms with Crippen molar-refractivity contribution in [2.24, 2.45) is 0 Å². The predicted molar refractivity (Wildman–Crippen MR) is 484 cm³/mol. The van der Waals surface area contributed by atoms with Gasteiger partial charge in [-0.25, -0.2) is 0 Å². The summed E-state index contributed by atoms with van der Waals surface area (Å²) in [6, 6.07) is 31.4. The normalized spacial score (nSPS) is 21.4. The molecule has 127 heavy (non-hydrogen) atoms. The highest BCUT2D eigenvalue weighted by Crippen LogP contribution is 2.44. The second-order valence-corrected chi connectivity index (χ2v) is 35.3. The fraction of sp³-hybridized carbons (Fsp3) is 0.521. The van der Waals surface area contributed by atoms with Crippen LogP contribution in [-0.4, -0.2) is 252 Å². The zero-order valence-corrected chi connectivity index (χ0v) is 74.8. The van der Waals surface area contributed by atoms with Crippen LogP contribution in [0.2, 0.25) is 5.02 Å². The number of nitrogens with zero attached hydrogens (tertiary/aromatic N) is 21. The maximum absolute atomic E-state index is 14.1. The van der Waals surface area contributed by atoms with Crippen molar-refractivity contribution in [3.05, 3.63) is 158 Å². The topological polar surface area (TPSA) is 266 Å². The molecule has 1 aliphatic carbocycles. The first-order valence-electron chi connectivity index (χ1n) is 44.9. The fourth-order valence-electron chi connectivity index (χ4n) is 19.7. The van der Waals surface area contributed by atoms with Gasteiger partial charge >= 0.3 is 24.2 Å². The first kappa shape index (κ1) is 90.3. The highest BCUT2D eigenvalue weighted by Gasteiger charge is 2.42. The van der Waals surface area contributed by atoms with E-state index in [4.69, 9.17) is 55.7 Å². The van der Waals surface area contributed by atoms with Crippen LogP contribution in [0.5, 0.6) is 18.0 Å². The van der Waals surface area contributed by atoms with Gasteiger partial charge in [-0.15, -0.1) is 0 Å². The van der Waals surface area contributed by atoms with Crippen molar-refractivity contribution in [2.75, 3.05) is 169 Å². The maximum Gasteiger partial charge on any atom is 0.418 e. The monoisotopic (exact) mass is 1750 g/mol. The van der Waals surface area contributed by atoms with Gasteiger partial charge in [0.15, 0.2) is 0 Å². The predicted octanol–water partition coefficient (Wildman–Crippen LogP) is 12.4. The molecule has 12 heterocycles. The lowest BCUT2D eigenvalue weighted by molar-refractivity contribution is -0.137. The quantitative estimate of drug-likeness (QED) is 0.0507. The number of alkyl halides is 3. The van der Waals surface area contributed by atoms with Crippen molar-refractivity contribution in [3.63, 3.8) is 0 Å². The minimum absolute atomic E-state index is 0.0833. The number of rotatable bonds is 20. The second kappa shape index (κ2) is 40.6. The van der Waals surface area contributed by atoms with Crippen molar-refractivity contribution in [1.29, 1.82) is 15.8 Å². The van der Waals surface area contributed by atoms with E-state index in [2.05, 4.69) is 148 Å². The molecule has 6 atom stereocenters. The van der Waals surface area contributed by atoms with Gasteiger partial charge in [-0.05, 0) is 204 Å². The summed E-state index contributed by atoms with van der Waals surface area (Å²) in [6.07, 6.45) is 10.8. The number of carbonyl (C=O) groups is 3. The molecule has 6 fully saturated rings. The Morgan fingerprint density at radius 3 is 1.43 bits per heavy atom. The molecular weight excluding hydrogens is 1640 g/mol. The Hall–Kier alpha value is -11.5. The minimum Gasteiger partial charge on any atom is -0.462 e. The molecule has 9 aliphatic heterocycles. The highest BCUT2D eigenvalue weighted by molar-refractivity contribution is 6.36. The summed E-state index contributed by atoms with van der Waals surface area (Å²) in [5.74, 6) is 7.42. The number of aryl methyl sites for hydroxylation is 2. The average Bonchev–Trinajstić information content (AvgIpc) is 0.856. The van der Waals surface area contributed by atoms with Crippen LogP contribution in [0.25, 0.3) is 10.8 Å². The summed E-state index contributed by atoms with van der Waals surface area (Å²) in [5, 5.41) is 31.4. The Morgan fingerprint density at radius 1 is 0.504 bits per heavy atom. The number of carbonyl (C=O) groups excluding carboxylic acids is 3. The van der Waals surface area contributed by atoms with Crippen LogP contribution in [0.15, 0.2) is 97.1 Å². The van der Waals surface area contributed by atoms with E-state index in [-0.39, 0.29) is 78.5 Å². The Kier molecular flexibility index (Phi) is 28.9. The maximum atomic E-state index is 14.1. The molecule has 3 amide bonds. The summed E-state index contributed by atoms with van der Waals surface area (Å²) >= 11 is 6.70. The van der Waals surface area contributed by atoms with Gasteiger partial charge in [0.05, 0.1) is 96.9 Å². The molecule has 0 N–H and O–H groups in total. The smallest absolute Gasteiger partial charge is 0.418 e. The van der Waals surface area contributed by atoms with Crippen molar-refractivity contribution in [2.45, 2.75) is 186 Å². The lowest BCUT2D eigenvalue weighted by atomic mass is 9.96. The number of likely N-dealkylation sites (tertiary alicyclic amines) is 3. The Labute approximate surface area is 748 Å². The van der Waals surface area contributed by atoms with Gasteiger partial charge in [-0.1, -0.05) is 78.7 Å². The number of halogens is 4. The number of aromatic nitrogens is 6. The SMILES string of the molecule is C=CC(=O)N1CCN(c2nc(OC[C@@H]3CCCN3C)nc3c2CCN(c2cccc(C)c2C(F)(F)F)C3)C[C@@H]1CC#N.CC#CC(=O)N1CCN(c2nc(OC[C@@H]3CCCN3C)nc3c2CCN(c2cccc4cccc(Cl)c24)C3)C[C@@H]1CC#N.Cc1cccc(N2CCc3c(nc(OC[C@@H]4CCCN4C)nc3N3CC[C@H](CC#N)N(C(=O)C4=CCC4)CC3)C2)c1C. The van der Waals surface area contributed by atoms with E-state index in [0.29, 0.717) is 140 Å². The van der Waals surface area contributed by atoms with Gasteiger partial charge < -0.3 is 73.0 Å². The highest BCUT2D eigenvalue weighted by atomic mass is 35.5.